The second kappa shape index (κ2) is 7.04. The highest BCUT2D eigenvalue weighted by Gasteiger charge is 2.40. The predicted molar refractivity (Wildman–Crippen MR) is 101 cm³/mol. The van der Waals surface area contributed by atoms with Crippen LogP contribution in [-0.4, -0.2) is 44.2 Å². The molecule has 0 N–H and O–H groups in total. The average Bonchev–Trinajstić information content (AvgIpc) is 3.28. The number of amides is 1. The normalized spacial score (nSPS) is 24.3. The number of rotatable bonds is 2. The van der Waals surface area contributed by atoms with Gasteiger partial charge in [0, 0.05) is 25.9 Å². The Balaban J connectivity index is 1.40. The van der Waals surface area contributed by atoms with Gasteiger partial charge in [-0.3, -0.25) is 4.79 Å². The molecule has 2 atom stereocenters. The zero-order valence-corrected chi connectivity index (χ0v) is 15.8. The van der Waals surface area contributed by atoms with E-state index in [2.05, 4.69) is 14.8 Å². The molecule has 1 amide bonds. The minimum atomic E-state index is -0.755. The van der Waals surface area contributed by atoms with Gasteiger partial charge in [-0.15, -0.1) is 10.2 Å². The highest BCUT2D eigenvalue weighted by molar-refractivity contribution is 5.95. The molecule has 146 valence electrons. The molecule has 1 aromatic carbocycles. The first-order valence-corrected chi connectivity index (χ1v) is 10.2. The predicted octanol–water partition coefficient (Wildman–Crippen LogP) is 2.45. The molecule has 0 bridgehead atoms. The molecule has 3 aliphatic rings. The van der Waals surface area contributed by atoms with Gasteiger partial charge in [-0.25, -0.2) is 4.79 Å². The molecule has 2 aromatic rings. The molecule has 7 heteroatoms. The number of ether oxygens (including phenoxy) is 1. The lowest BCUT2D eigenvalue weighted by Crippen LogP contribution is -2.44. The van der Waals surface area contributed by atoms with Gasteiger partial charge in [0.05, 0.1) is 11.6 Å². The van der Waals surface area contributed by atoms with E-state index >= 15 is 0 Å². The molecule has 1 fully saturated rings. The standard InChI is InChI=1S/C21H24N4O3/c26-20(17-13-14-7-3-4-8-15(14)21(27)28-17)24-12-6-9-16(24)19-23-22-18-10-2-1-5-11-25(18)19/h3-4,7-8,16-17H,1-2,5-6,9-13H2/t16-,17-/m1/s1. The van der Waals surface area contributed by atoms with Crippen LogP contribution in [0.1, 0.15) is 65.7 Å². The number of esters is 1. The molecule has 28 heavy (non-hydrogen) atoms. The van der Waals surface area contributed by atoms with Crippen LogP contribution in [0.2, 0.25) is 0 Å². The van der Waals surface area contributed by atoms with Crippen LogP contribution in [0.5, 0.6) is 0 Å². The fourth-order valence-corrected chi connectivity index (χ4v) is 4.71. The van der Waals surface area contributed by atoms with Crippen molar-refractivity contribution in [2.45, 2.75) is 63.6 Å². The van der Waals surface area contributed by atoms with Crippen molar-refractivity contribution in [3.05, 3.63) is 47.0 Å². The first-order chi connectivity index (χ1) is 13.7. The van der Waals surface area contributed by atoms with Gasteiger partial charge in [0.2, 0.25) is 0 Å². The first kappa shape index (κ1) is 17.4. The van der Waals surface area contributed by atoms with Gasteiger partial charge in [0.1, 0.15) is 5.82 Å². The third-order valence-electron chi connectivity index (χ3n) is 6.14. The summed E-state index contributed by atoms with van der Waals surface area (Å²) >= 11 is 0. The summed E-state index contributed by atoms with van der Waals surface area (Å²) in [5, 5.41) is 8.86. The second-order valence-electron chi connectivity index (χ2n) is 7.88. The minimum Gasteiger partial charge on any atom is -0.448 e. The van der Waals surface area contributed by atoms with Gasteiger partial charge in [0.25, 0.3) is 5.91 Å². The van der Waals surface area contributed by atoms with Crippen LogP contribution >= 0.6 is 0 Å². The fraction of sp³-hybridized carbons (Fsp3) is 0.524. The largest absolute Gasteiger partial charge is 0.448 e. The third kappa shape index (κ3) is 2.89. The maximum absolute atomic E-state index is 13.3. The number of aryl methyl sites for hydroxylation is 1. The van der Waals surface area contributed by atoms with E-state index in [1.807, 2.05) is 23.1 Å². The Kier molecular flexibility index (Phi) is 4.37. The summed E-state index contributed by atoms with van der Waals surface area (Å²) < 4.78 is 7.73. The summed E-state index contributed by atoms with van der Waals surface area (Å²) in [6.07, 6.45) is 5.89. The highest BCUT2D eigenvalue weighted by Crippen LogP contribution is 2.34. The number of carbonyl (C=O) groups excluding carboxylic acids is 2. The zero-order valence-electron chi connectivity index (χ0n) is 15.8. The minimum absolute atomic E-state index is 0.0808. The van der Waals surface area contributed by atoms with Crippen molar-refractivity contribution >= 4 is 11.9 Å². The summed E-state index contributed by atoms with van der Waals surface area (Å²) in [7, 11) is 0. The fourth-order valence-electron chi connectivity index (χ4n) is 4.71. The van der Waals surface area contributed by atoms with Crippen molar-refractivity contribution in [2.24, 2.45) is 0 Å². The van der Waals surface area contributed by atoms with Gasteiger partial charge in [-0.05, 0) is 37.3 Å². The SMILES string of the molecule is O=C1O[C@@H](C(=O)N2CCC[C@@H]2c2nnc3n2CCCCC3)Cc2ccccc21. The van der Waals surface area contributed by atoms with Crippen molar-refractivity contribution < 1.29 is 14.3 Å². The number of cyclic esters (lactones) is 1. The molecule has 0 aliphatic carbocycles. The number of carbonyl (C=O) groups is 2. The Morgan fingerprint density at radius 2 is 1.96 bits per heavy atom. The number of nitrogens with zero attached hydrogens (tertiary/aromatic N) is 4. The number of hydrogen-bond acceptors (Lipinski definition) is 5. The Bertz CT molecular complexity index is 922. The molecule has 3 aliphatic heterocycles. The van der Waals surface area contributed by atoms with Crippen LogP contribution < -0.4 is 0 Å². The lowest BCUT2D eigenvalue weighted by atomic mass is 9.98. The first-order valence-electron chi connectivity index (χ1n) is 10.2. The molecular weight excluding hydrogens is 356 g/mol. The van der Waals surface area contributed by atoms with Gasteiger partial charge < -0.3 is 14.2 Å². The van der Waals surface area contributed by atoms with E-state index in [0.29, 0.717) is 18.5 Å². The van der Waals surface area contributed by atoms with E-state index < -0.39 is 12.1 Å². The van der Waals surface area contributed by atoms with Crippen LogP contribution in [-0.2, 0) is 28.9 Å². The highest BCUT2D eigenvalue weighted by atomic mass is 16.5. The Labute approximate surface area is 163 Å². The van der Waals surface area contributed by atoms with Crippen molar-refractivity contribution in [1.29, 1.82) is 0 Å². The number of aromatic nitrogens is 3. The van der Waals surface area contributed by atoms with Crippen molar-refractivity contribution in [3.63, 3.8) is 0 Å². The quantitative estimate of drug-likeness (QED) is 0.748. The van der Waals surface area contributed by atoms with Gasteiger partial charge in [0.15, 0.2) is 11.9 Å². The second-order valence-corrected chi connectivity index (χ2v) is 7.88. The molecule has 1 aromatic heterocycles. The zero-order chi connectivity index (χ0) is 19.1. The number of fused-ring (bicyclic) bond motifs is 2. The van der Waals surface area contributed by atoms with Crippen molar-refractivity contribution in [2.75, 3.05) is 6.54 Å². The lowest BCUT2D eigenvalue weighted by molar-refractivity contribution is -0.142. The summed E-state index contributed by atoms with van der Waals surface area (Å²) in [5.74, 6) is 1.40. The number of benzene rings is 1. The van der Waals surface area contributed by atoms with E-state index in [4.69, 9.17) is 4.74 Å². The summed E-state index contributed by atoms with van der Waals surface area (Å²) in [4.78, 5) is 27.5. The smallest absolute Gasteiger partial charge is 0.339 e. The number of hydrogen-bond donors (Lipinski definition) is 0. The maximum atomic E-state index is 13.3. The molecule has 0 saturated carbocycles. The molecule has 5 rings (SSSR count). The lowest BCUT2D eigenvalue weighted by Gasteiger charge is -2.30. The van der Waals surface area contributed by atoms with Crippen LogP contribution in [0.15, 0.2) is 24.3 Å². The van der Waals surface area contributed by atoms with Crippen LogP contribution in [0.25, 0.3) is 0 Å². The molecule has 0 unspecified atom stereocenters. The average molecular weight is 380 g/mol. The number of likely N-dealkylation sites (tertiary alicyclic amines) is 1. The topological polar surface area (TPSA) is 77.3 Å². The van der Waals surface area contributed by atoms with Crippen LogP contribution in [0.4, 0.5) is 0 Å². The molecular formula is C21H24N4O3. The Morgan fingerprint density at radius 1 is 1.07 bits per heavy atom. The van der Waals surface area contributed by atoms with Crippen LogP contribution in [0, 0.1) is 0 Å². The monoisotopic (exact) mass is 380 g/mol. The third-order valence-corrected chi connectivity index (χ3v) is 6.14. The van der Waals surface area contributed by atoms with Crippen molar-refractivity contribution in [1.82, 2.24) is 19.7 Å². The van der Waals surface area contributed by atoms with Gasteiger partial charge in [-0.2, -0.15) is 0 Å². The van der Waals surface area contributed by atoms with E-state index in [1.54, 1.807) is 6.07 Å². The molecule has 0 spiro atoms. The van der Waals surface area contributed by atoms with Gasteiger partial charge in [-0.1, -0.05) is 24.6 Å². The molecule has 1 saturated heterocycles. The molecule has 0 radical (unpaired) electrons. The summed E-state index contributed by atoms with van der Waals surface area (Å²) in [5.41, 5.74) is 1.44. The molecule has 7 nitrogen and oxygen atoms in total. The van der Waals surface area contributed by atoms with E-state index in [1.165, 1.54) is 6.42 Å². The van der Waals surface area contributed by atoms with E-state index in [-0.39, 0.29) is 11.9 Å². The van der Waals surface area contributed by atoms with Crippen LogP contribution in [0.3, 0.4) is 0 Å². The Morgan fingerprint density at radius 3 is 2.89 bits per heavy atom. The van der Waals surface area contributed by atoms with E-state index in [9.17, 15) is 9.59 Å². The Hall–Kier alpha value is -2.70. The maximum Gasteiger partial charge on any atom is 0.339 e. The summed E-state index contributed by atoms with van der Waals surface area (Å²) in [6.45, 7) is 1.59. The molecule has 4 heterocycles. The van der Waals surface area contributed by atoms with Crippen molar-refractivity contribution in [3.8, 4) is 0 Å². The summed E-state index contributed by atoms with van der Waals surface area (Å²) in [6, 6.07) is 7.28. The van der Waals surface area contributed by atoms with Gasteiger partial charge >= 0.3 is 5.97 Å². The van der Waals surface area contributed by atoms with E-state index in [0.717, 1.165) is 55.9 Å².